The minimum absolute atomic E-state index is 0.104. The molecule has 4 heteroatoms. The van der Waals surface area contributed by atoms with Gasteiger partial charge < -0.3 is 9.64 Å². The summed E-state index contributed by atoms with van der Waals surface area (Å²) in [7, 11) is 0. The maximum atomic E-state index is 13.1. The van der Waals surface area contributed by atoms with Crippen LogP contribution >= 0.6 is 0 Å². The van der Waals surface area contributed by atoms with Gasteiger partial charge in [0.1, 0.15) is 5.75 Å². The van der Waals surface area contributed by atoms with E-state index >= 15 is 0 Å². The Kier molecular flexibility index (Phi) is 5.21. The van der Waals surface area contributed by atoms with Crippen molar-refractivity contribution >= 4 is 5.91 Å². The quantitative estimate of drug-likeness (QED) is 0.830. The summed E-state index contributed by atoms with van der Waals surface area (Å²) < 4.78 is 5.98. The van der Waals surface area contributed by atoms with Crippen LogP contribution in [0.25, 0.3) is 0 Å². The predicted molar refractivity (Wildman–Crippen MR) is 103 cm³/mol. The number of carbonyl (C=O) groups excluding carboxylic acids is 1. The lowest BCUT2D eigenvalue weighted by molar-refractivity contribution is 0.0567. The Morgan fingerprint density at radius 3 is 2.69 bits per heavy atom. The van der Waals surface area contributed by atoms with E-state index < -0.39 is 0 Å². The number of hydrogen-bond acceptors (Lipinski definition) is 3. The Morgan fingerprint density at radius 1 is 1.00 bits per heavy atom. The molecule has 0 radical (unpaired) electrons. The molecule has 0 aromatic heterocycles. The number of benzene rings is 2. The fourth-order valence-corrected chi connectivity index (χ4v) is 4.04. The minimum atomic E-state index is 0.104. The van der Waals surface area contributed by atoms with E-state index in [1.54, 1.807) is 0 Å². The lowest BCUT2D eigenvalue weighted by atomic mass is 10.1. The van der Waals surface area contributed by atoms with Crippen molar-refractivity contribution in [2.75, 3.05) is 32.8 Å². The van der Waals surface area contributed by atoms with Gasteiger partial charge in [0.2, 0.25) is 0 Å². The molecule has 4 nitrogen and oxygen atoms in total. The number of ether oxygens (including phenoxy) is 1. The first kappa shape index (κ1) is 17.1. The van der Waals surface area contributed by atoms with Crippen LogP contribution in [-0.4, -0.2) is 54.5 Å². The van der Waals surface area contributed by atoms with Crippen LogP contribution in [-0.2, 0) is 6.42 Å². The molecular formula is C22H26N2O2. The molecule has 2 fully saturated rings. The summed E-state index contributed by atoms with van der Waals surface area (Å²) >= 11 is 0. The van der Waals surface area contributed by atoms with Crippen molar-refractivity contribution in [3.8, 4) is 5.75 Å². The largest absolute Gasteiger partial charge is 0.492 e. The summed E-state index contributed by atoms with van der Waals surface area (Å²) in [5, 5.41) is 0. The van der Waals surface area contributed by atoms with Crippen molar-refractivity contribution in [3.05, 3.63) is 65.7 Å². The Bertz CT molecular complexity index is 747. The molecule has 136 valence electrons. The van der Waals surface area contributed by atoms with Crippen molar-refractivity contribution in [3.63, 3.8) is 0 Å². The van der Waals surface area contributed by atoms with Crippen molar-refractivity contribution in [2.24, 2.45) is 0 Å². The van der Waals surface area contributed by atoms with Crippen molar-refractivity contribution in [1.82, 2.24) is 9.80 Å². The van der Waals surface area contributed by atoms with Gasteiger partial charge in [-0.05, 0) is 37.1 Å². The Balaban J connectivity index is 1.41. The molecule has 2 saturated heterocycles. The Labute approximate surface area is 155 Å². The topological polar surface area (TPSA) is 32.8 Å². The zero-order valence-corrected chi connectivity index (χ0v) is 15.1. The summed E-state index contributed by atoms with van der Waals surface area (Å²) in [5.41, 5.74) is 1.93. The van der Waals surface area contributed by atoms with E-state index in [0.717, 1.165) is 26.1 Å². The maximum Gasteiger partial charge on any atom is 0.257 e. The molecule has 0 N–H and O–H groups in total. The van der Waals surface area contributed by atoms with E-state index in [1.165, 1.54) is 24.9 Å². The average Bonchev–Trinajstić information content (AvgIpc) is 3.16. The molecular weight excluding hydrogens is 324 g/mol. The van der Waals surface area contributed by atoms with E-state index in [4.69, 9.17) is 4.74 Å². The number of fused-ring (bicyclic) bond motifs is 1. The highest BCUT2D eigenvalue weighted by Gasteiger charge is 2.33. The summed E-state index contributed by atoms with van der Waals surface area (Å²) in [4.78, 5) is 17.6. The molecule has 2 aliphatic heterocycles. The van der Waals surface area contributed by atoms with Crippen molar-refractivity contribution < 1.29 is 9.53 Å². The smallest absolute Gasteiger partial charge is 0.257 e. The summed E-state index contributed by atoms with van der Waals surface area (Å²) in [6, 6.07) is 18.5. The third-order valence-electron chi connectivity index (χ3n) is 5.48. The highest BCUT2D eigenvalue weighted by Crippen LogP contribution is 2.25. The van der Waals surface area contributed by atoms with Gasteiger partial charge in [-0.1, -0.05) is 42.5 Å². The zero-order valence-electron chi connectivity index (χ0n) is 15.1. The molecule has 2 aromatic carbocycles. The second-order valence-corrected chi connectivity index (χ2v) is 7.16. The van der Waals surface area contributed by atoms with Crippen molar-refractivity contribution in [2.45, 2.75) is 25.3 Å². The molecule has 2 heterocycles. The van der Waals surface area contributed by atoms with Crippen LogP contribution in [0.3, 0.4) is 0 Å². The van der Waals surface area contributed by atoms with Crippen LogP contribution in [0.1, 0.15) is 28.8 Å². The minimum Gasteiger partial charge on any atom is -0.492 e. The van der Waals surface area contributed by atoms with Gasteiger partial charge in [-0.2, -0.15) is 0 Å². The summed E-state index contributed by atoms with van der Waals surface area (Å²) in [6.07, 6.45) is 3.30. The molecule has 4 rings (SSSR count). The molecule has 0 bridgehead atoms. The zero-order chi connectivity index (χ0) is 17.8. The Morgan fingerprint density at radius 2 is 1.81 bits per heavy atom. The summed E-state index contributed by atoms with van der Waals surface area (Å²) in [6.45, 7) is 4.41. The number of nitrogens with zero attached hydrogens (tertiary/aromatic N) is 2. The first-order valence-electron chi connectivity index (χ1n) is 9.60. The molecule has 0 saturated carbocycles. The lowest BCUT2D eigenvalue weighted by Gasteiger charge is -2.37. The third kappa shape index (κ3) is 3.75. The predicted octanol–water partition coefficient (Wildman–Crippen LogP) is 3.23. The monoisotopic (exact) mass is 350 g/mol. The van der Waals surface area contributed by atoms with Crippen LogP contribution in [0, 0.1) is 0 Å². The number of rotatable bonds is 5. The molecule has 0 aliphatic carbocycles. The molecule has 1 atom stereocenters. The fourth-order valence-electron chi connectivity index (χ4n) is 4.04. The molecule has 26 heavy (non-hydrogen) atoms. The maximum absolute atomic E-state index is 13.1. The second kappa shape index (κ2) is 7.92. The fraction of sp³-hybridized carbons (Fsp3) is 0.409. The van der Waals surface area contributed by atoms with Crippen LogP contribution in [0.4, 0.5) is 0 Å². The number of para-hydroxylation sites is 1. The Hall–Kier alpha value is -2.33. The molecule has 2 aliphatic rings. The number of amides is 1. The average molecular weight is 350 g/mol. The van der Waals surface area contributed by atoms with Gasteiger partial charge in [0.25, 0.3) is 5.91 Å². The van der Waals surface area contributed by atoms with Gasteiger partial charge in [-0.15, -0.1) is 0 Å². The van der Waals surface area contributed by atoms with Crippen LogP contribution < -0.4 is 4.74 Å². The molecule has 2 aromatic rings. The standard InChI is InChI=1S/C22H26N2O2/c25-22(24-15-14-23-13-6-9-19(23)17-24)20-10-4-5-11-21(20)26-16-12-18-7-2-1-3-8-18/h1-5,7-8,10-11,19H,6,9,12-17H2/t19-/m0/s1. The number of piperazine rings is 1. The summed E-state index contributed by atoms with van der Waals surface area (Å²) in [5.74, 6) is 0.800. The van der Waals surface area contributed by atoms with Crippen LogP contribution in [0.2, 0.25) is 0 Å². The molecule has 0 spiro atoms. The molecule has 0 unspecified atom stereocenters. The number of carbonyl (C=O) groups is 1. The normalized spacial score (nSPS) is 20.0. The highest BCUT2D eigenvalue weighted by atomic mass is 16.5. The van der Waals surface area contributed by atoms with Gasteiger partial charge in [-0.25, -0.2) is 0 Å². The van der Waals surface area contributed by atoms with Gasteiger partial charge in [-0.3, -0.25) is 9.69 Å². The van der Waals surface area contributed by atoms with Gasteiger partial charge in [0.05, 0.1) is 12.2 Å². The second-order valence-electron chi connectivity index (χ2n) is 7.16. The van der Waals surface area contributed by atoms with E-state index in [-0.39, 0.29) is 5.91 Å². The number of hydrogen-bond donors (Lipinski definition) is 0. The molecule has 1 amide bonds. The van der Waals surface area contributed by atoms with Crippen molar-refractivity contribution in [1.29, 1.82) is 0 Å². The van der Waals surface area contributed by atoms with Crippen LogP contribution in [0.15, 0.2) is 54.6 Å². The third-order valence-corrected chi connectivity index (χ3v) is 5.48. The van der Waals surface area contributed by atoms with Gasteiger partial charge in [0.15, 0.2) is 0 Å². The van der Waals surface area contributed by atoms with E-state index in [2.05, 4.69) is 17.0 Å². The highest BCUT2D eigenvalue weighted by molar-refractivity contribution is 5.97. The van der Waals surface area contributed by atoms with Crippen LogP contribution in [0.5, 0.6) is 5.75 Å². The van der Waals surface area contributed by atoms with Gasteiger partial charge in [0, 0.05) is 32.1 Å². The van der Waals surface area contributed by atoms with E-state index in [0.29, 0.717) is 24.0 Å². The van der Waals surface area contributed by atoms with E-state index in [9.17, 15) is 4.79 Å². The van der Waals surface area contributed by atoms with E-state index in [1.807, 2.05) is 47.4 Å². The van der Waals surface area contributed by atoms with Gasteiger partial charge >= 0.3 is 0 Å². The first-order valence-corrected chi connectivity index (χ1v) is 9.60. The first-order chi connectivity index (χ1) is 12.8. The lowest BCUT2D eigenvalue weighted by Crippen LogP contribution is -2.52. The SMILES string of the molecule is O=C(c1ccccc1OCCc1ccccc1)N1CCN2CCC[C@H]2C1.